The normalized spacial score (nSPS) is 13.3. The van der Waals surface area contributed by atoms with Gasteiger partial charge in [-0.3, -0.25) is 4.79 Å². The molecular formula is C13H18Cl2N2O2. The Morgan fingerprint density at radius 1 is 1.47 bits per heavy atom. The Morgan fingerprint density at radius 3 is 2.68 bits per heavy atom. The number of aliphatic hydroxyl groups excluding tert-OH is 1. The Bertz CT molecular complexity index is 464. The summed E-state index contributed by atoms with van der Waals surface area (Å²) in [5, 5.41) is 14.0. The number of hydrogen-bond acceptors (Lipinski definition) is 3. The van der Waals surface area contributed by atoms with E-state index in [1.54, 1.807) is 32.0 Å². The van der Waals surface area contributed by atoms with Gasteiger partial charge in [-0.05, 0) is 32.0 Å². The second kappa shape index (κ2) is 6.57. The van der Waals surface area contributed by atoms with Crippen molar-refractivity contribution in [2.75, 3.05) is 13.1 Å². The van der Waals surface area contributed by atoms with Gasteiger partial charge in [-0.15, -0.1) is 0 Å². The highest BCUT2D eigenvalue weighted by molar-refractivity contribution is 6.33. The predicted octanol–water partition coefficient (Wildman–Crippen LogP) is 2.13. The Balaban J connectivity index is 2.59. The van der Waals surface area contributed by atoms with Gasteiger partial charge in [0.2, 0.25) is 5.91 Å². The maximum absolute atomic E-state index is 11.1. The summed E-state index contributed by atoms with van der Waals surface area (Å²) >= 11 is 11.8. The quantitative estimate of drug-likeness (QED) is 0.753. The second-order valence-electron chi connectivity index (χ2n) is 5.06. The Kier molecular flexibility index (Phi) is 5.62. The van der Waals surface area contributed by atoms with Gasteiger partial charge in [-0.2, -0.15) is 0 Å². The number of nitrogens with one attached hydrogen (secondary N) is 1. The van der Waals surface area contributed by atoms with Gasteiger partial charge in [0.25, 0.3) is 0 Å². The summed E-state index contributed by atoms with van der Waals surface area (Å²) in [6, 6.07) is 4.91. The van der Waals surface area contributed by atoms with Crippen LogP contribution < -0.4 is 11.1 Å². The van der Waals surface area contributed by atoms with Gasteiger partial charge in [0.15, 0.2) is 0 Å². The summed E-state index contributed by atoms with van der Waals surface area (Å²) in [5.74, 6) is -0.393. The molecule has 4 nitrogen and oxygen atoms in total. The van der Waals surface area contributed by atoms with E-state index in [4.69, 9.17) is 28.9 Å². The molecule has 0 spiro atoms. The van der Waals surface area contributed by atoms with Crippen LogP contribution in [0.15, 0.2) is 18.2 Å². The van der Waals surface area contributed by atoms with Crippen LogP contribution in [0.3, 0.4) is 0 Å². The summed E-state index contributed by atoms with van der Waals surface area (Å²) in [7, 11) is 0. The number of benzene rings is 1. The number of carbonyl (C=O) groups is 1. The first-order valence-electron chi connectivity index (χ1n) is 5.87. The number of primary amides is 1. The summed E-state index contributed by atoms with van der Waals surface area (Å²) in [4.78, 5) is 11.1. The molecule has 0 aromatic heterocycles. The van der Waals surface area contributed by atoms with Crippen LogP contribution in [0.2, 0.25) is 10.0 Å². The highest BCUT2D eigenvalue weighted by atomic mass is 35.5. The average molecular weight is 305 g/mol. The highest BCUT2D eigenvalue weighted by Gasteiger charge is 2.24. The lowest BCUT2D eigenvalue weighted by atomic mass is 9.92. The summed E-state index contributed by atoms with van der Waals surface area (Å²) < 4.78 is 0. The monoisotopic (exact) mass is 304 g/mol. The Hall–Kier alpha value is -0.810. The molecule has 106 valence electrons. The Labute approximate surface area is 122 Å². The number of hydrogen-bond donors (Lipinski definition) is 3. The van der Waals surface area contributed by atoms with E-state index in [0.717, 1.165) is 0 Å². The van der Waals surface area contributed by atoms with Crippen molar-refractivity contribution in [3.63, 3.8) is 0 Å². The molecule has 0 aliphatic heterocycles. The molecular weight excluding hydrogens is 287 g/mol. The first kappa shape index (κ1) is 16.2. The zero-order chi connectivity index (χ0) is 14.6. The minimum Gasteiger partial charge on any atom is -0.387 e. The van der Waals surface area contributed by atoms with Crippen molar-refractivity contribution in [3.05, 3.63) is 33.8 Å². The zero-order valence-electron chi connectivity index (χ0n) is 10.9. The molecule has 1 unspecified atom stereocenters. The molecule has 0 saturated carbocycles. The van der Waals surface area contributed by atoms with Crippen LogP contribution in [0.5, 0.6) is 0 Å². The lowest BCUT2D eigenvalue weighted by Crippen LogP contribution is -2.41. The van der Waals surface area contributed by atoms with E-state index < -0.39 is 17.4 Å². The SMILES string of the molecule is CC(C)(CNCC(O)c1cc(Cl)ccc1Cl)C(N)=O. The van der Waals surface area contributed by atoms with Gasteiger partial charge in [-0.1, -0.05) is 23.2 Å². The molecule has 0 fully saturated rings. The van der Waals surface area contributed by atoms with Gasteiger partial charge >= 0.3 is 0 Å². The topological polar surface area (TPSA) is 75.3 Å². The number of amides is 1. The first-order chi connectivity index (χ1) is 8.74. The molecule has 6 heteroatoms. The number of carbonyl (C=O) groups excluding carboxylic acids is 1. The molecule has 0 aliphatic rings. The predicted molar refractivity (Wildman–Crippen MR) is 77.3 cm³/mol. The van der Waals surface area contributed by atoms with E-state index >= 15 is 0 Å². The molecule has 0 aliphatic carbocycles. The molecule has 0 bridgehead atoms. The van der Waals surface area contributed by atoms with Crippen LogP contribution in [0.25, 0.3) is 0 Å². The second-order valence-corrected chi connectivity index (χ2v) is 5.90. The number of rotatable bonds is 6. The van der Waals surface area contributed by atoms with Gasteiger partial charge in [0.05, 0.1) is 11.5 Å². The molecule has 1 atom stereocenters. The van der Waals surface area contributed by atoms with Crippen molar-refractivity contribution in [2.45, 2.75) is 20.0 Å². The minimum absolute atomic E-state index is 0.261. The van der Waals surface area contributed by atoms with Gasteiger partial charge in [0, 0.05) is 28.7 Å². The summed E-state index contributed by atoms with van der Waals surface area (Å²) in [6.45, 7) is 4.11. The number of halogens is 2. The molecule has 1 rings (SSSR count). The summed E-state index contributed by atoms with van der Waals surface area (Å²) in [5.41, 5.74) is 5.15. The first-order valence-corrected chi connectivity index (χ1v) is 6.63. The fourth-order valence-electron chi connectivity index (χ4n) is 1.49. The molecule has 4 N–H and O–H groups in total. The maximum Gasteiger partial charge on any atom is 0.224 e. The van der Waals surface area contributed by atoms with Crippen LogP contribution in [0.4, 0.5) is 0 Å². The molecule has 0 saturated heterocycles. The van der Waals surface area contributed by atoms with E-state index in [9.17, 15) is 9.90 Å². The van der Waals surface area contributed by atoms with Crippen LogP contribution in [-0.2, 0) is 4.79 Å². The average Bonchev–Trinajstić information content (AvgIpc) is 2.31. The van der Waals surface area contributed by atoms with E-state index in [0.29, 0.717) is 22.2 Å². The molecule has 1 aromatic carbocycles. The molecule has 19 heavy (non-hydrogen) atoms. The van der Waals surface area contributed by atoms with E-state index in [-0.39, 0.29) is 6.54 Å². The molecule has 0 heterocycles. The Morgan fingerprint density at radius 2 is 2.11 bits per heavy atom. The van der Waals surface area contributed by atoms with Crippen LogP contribution in [0.1, 0.15) is 25.5 Å². The molecule has 1 amide bonds. The fourth-order valence-corrected chi connectivity index (χ4v) is 1.91. The highest BCUT2D eigenvalue weighted by Crippen LogP contribution is 2.26. The van der Waals surface area contributed by atoms with E-state index in [2.05, 4.69) is 5.32 Å². The number of nitrogens with two attached hydrogens (primary N) is 1. The molecule has 1 aromatic rings. The van der Waals surface area contributed by atoms with Crippen molar-refractivity contribution in [1.29, 1.82) is 0 Å². The third-order valence-electron chi connectivity index (χ3n) is 2.89. The third-order valence-corrected chi connectivity index (χ3v) is 3.47. The standard InChI is InChI=1S/C13H18Cl2N2O2/c1-13(2,12(16)19)7-17-6-11(18)9-5-8(14)3-4-10(9)15/h3-5,11,17-18H,6-7H2,1-2H3,(H2,16,19). The number of aliphatic hydroxyl groups is 1. The fraction of sp³-hybridized carbons (Fsp3) is 0.462. The van der Waals surface area contributed by atoms with Gasteiger partial charge < -0.3 is 16.2 Å². The van der Waals surface area contributed by atoms with Crippen molar-refractivity contribution >= 4 is 29.1 Å². The van der Waals surface area contributed by atoms with Crippen LogP contribution in [0, 0.1) is 5.41 Å². The third kappa shape index (κ3) is 4.66. The van der Waals surface area contributed by atoms with Gasteiger partial charge in [-0.25, -0.2) is 0 Å². The minimum atomic E-state index is -0.796. The lowest BCUT2D eigenvalue weighted by Gasteiger charge is -2.22. The van der Waals surface area contributed by atoms with Crippen LogP contribution in [-0.4, -0.2) is 24.1 Å². The van der Waals surface area contributed by atoms with Crippen molar-refractivity contribution in [3.8, 4) is 0 Å². The van der Waals surface area contributed by atoms with Crippen LogP contribution >= 0.6 is 23.2 Å². The van der Waals surface area contributed by atoms with E-state index in [1.807, 2.05) is 0 Å². The molecule has 0 radical (unpaired) electrons. The lowest BCUT2D eigenvalue weighted by molar-refractivity contribution is -0.125. The van der Waals surface area contributed by atoms with E-state index in [1.165, 1.54) is 0 Å². The van der Waals surface area contributed by atoms with Gasteiger partial charge in [0.1, 0.15) is 0 Å². The maximum atomic E-state index is 11.1. The van der Waals surface area contributed by atoms with Crippen molar-refractivity contribution in [1.82, 2.24) is 5.32 Å². The van der Waals surface area contributed by atoms with Crippen molar-refractivity contribution < 1.29 is 9.90 Å². The zero-order valence-corrected chi connectivity index (χ0v) is 12.4. The van der Waals surface area contributed by atoms with Crippen molar-refractivity contribution in [2.24, 2.45) is 11.1 Å². The summed E-state index contributed by atoms with van der Waals surface area (Å²) in [6.07, 6.45) is -0.796. The largest absolute Gasteiger partial charge is 0.387 e. The smallest absolute Gasteiger partial charge is 0.224 e.